The molecule has 0 unspecified atom stereocenters. The largest absolute Gasteiger partial charge is 0.493 e. The molecule has 2 aromatic rings. The van der Waals surface area contributed by atoms with Gasteiger partial charge in [-0.1, -0.05) is 44.2 Å². The minimum Gasteiger partial charge on any atom is -0.493 e. The Bertz CT molecular complexity index is 1040. The Balaban J connectivity index is 1.78. The van der Waals surface area contributed by atoms with Gasteiger partial charge >= 0.3 is 5.97 Å². The summed E-state index contributed by atoms with van der Waals surface area (Å²) in [7, 11) is 0. The van der Waals surface area contributed by atoms with Crippen LogP contribution in [-0.2, 0) is 21.4 Å². The zero-order valence-corrected chi connectivity index (χ0v) is 15.3. The summed E-state index contributed by atoms with van der Waals surface area (Å²) in [5.41, 5.74) is 5.11. The molecule has 0 radical (unpaired) electrons. The third-order valence-corrected chi connectivity index (χ3v) is 5.53. The van der Waals surface area contributed by atoms with E-state index in [9.17, 15) is 14.7 Å². The molecule has 0 bridgehead atoms. The number of ether oxygens (including phenoxy) is 1. The van der Waals surface area contributed by atoms with Gasteiger partial charge in [0.05, 0.1) is 17.8 Å². The molecule has 0 amide bonds. The second-order valence-electron chi connectivity index (χ2n) is 7.67. The highest BCUT2D eigenvalue weighted by atomic mass is 16.5. The van der Waals surface area contributed by atoms with Gasteiger partial charge in [0, 0.05) is 5.56 Å². The van der Waals surface area contributed by atoms with Gasteiger partial charge in [-0.3, -0.25) is 0 Å². The maximum atomic E-state index is 11.3. The number of fused-ring (bicyclic) bond motifs is 2. The SMILES string of the molecule is CC1(C)CCOc2ccc(-c3ccc4c(c3)CC=C(C(=O)O)C4=C=O)cc21. The van der Waals surface area contributed by atoms with Gasteiger partial charge in [0.2, 0.25) is 0 Å². The van der Waals surface area contributed by atoms with Crippen LogP contribution >= 0.6 is 0 Å². The van der Waals surface area contributed by atoms with E-state index < -0.39 is 5.97 Å². The first kappa shape index (κ1) is 17.3. The molecule has 0 saturated heterocycles. The molecule has 2 aromatic carbocycles. The fourth-order valence-electron chi connectivity index (χ4n) is 3.86. The van der Waals surface area contributed by atoms with Crippen molar-refractivity contribution >= 4 is 17.5 Å². The summed E-state index contributed by atoms with van der Waals surface area (Å²) in [4.78, 5) is 22.7. The van der Waals surface area contributed by atoms with Crippen LogP contribution < -0.4 is 4.74 Å². The number of hydrogen-bond acceptors (Lipinski definition) is 3. The van der Waals surface area contributed by atoms with Gasteiger partial charge in [-0.05, 0) is 52.6 Å². The van der Waals surface area contributed by atoms with E-state index in [1.807, 2.05) is 30.3 Å². The lowest BCUT2D eigenvalue weighted by molar-refractivity contribution is -0.132. The van der Waals surface area contributed by atoms with Crippen molar-refractivity contribution in [1.29, 1.82) is 0 Å². The zero-order valence-electron chi connectivity index (χ0n) is 15.3. The Labute approximate surface area is 157 Å². The molecule has 4 rings (SSSR count). The molecule has 1 aliphatic carbocycles. The third-order valence-electron chi connectivity index (χ3n) is 5.53. The summed E-state index contributed by atoms with van der Waals surface area (Å²) in [5.74, 6) is 1.64. The molecule has 0 saturated carbocycles. The predicted molar refractivity (Wildman–Crippen MR) is 104 cm³/mol. The van der Waals surface area contributed by atoms with Crippen LogP contribution in [0.25, 0.3) is 16.7 Å². The molecular formula is C23H20O4. The lowest BCUT2D eigenvalue weighted by atomic mass is 9.78. The van der Waals surface area contributed by atoms with Crippen LogP contribution in [0.2, 0.25) is 0 Å². The van der Waals surface area contributed by atoms with E-state index in [2.05, 4.69) is 19.9 Å². The van der Waals surface area contributed by atoms with E-state index in [4.69, 9.17) is 4.74 Å². The maximum Gasteiger partial charge on any atom is 0.336 e. The van der Waals surface area contributed by atoms with E-state index in [1.54, 1.807) is 12.0 Å². The topological polar surface area (TPSA) is 63.6 Å². The monoisotopic (exact) mass is 360 g/mol. The summed E-state index contributed by atoms with van der Waals surface area (Å²) >= 11 is 0. The summed E-state index contributed by atoms with van der Waals surface area (Å²) in [6, 6.07) is 12.0. The number of carboxylic acid groups (broad SMARTS) is 1. The van der Waals surface area contributed by atoms with Gasteiger partial charge in [-0.15, -0.1) is 0 Å². The Hall–Kier alpha value is -3.10. The molecule has 27 heavy (non-hydrogen) atoms. The molecule has 0 fully saturated rings. The van der Waals surface area contributed by atoms with Crippen molar-refractivity contribution in [3.63, 3.8) is 0 Å². The van der Waals surface area contributed by atoms with Crippen molar-refractivity contribution < 1.29 is 19.4 Å². The number of allylic oxidation sites excluding steroid dienone is 1. The third kappa shape index (κ3) is 2.88. The average Bonchev–Trinajstić information content (AvgIpc) is 2.66. The molecule has 1 N–H and O–H groups in total. The Kier molecular flexibility index (Phi) is 4.01. The second-order valence-corrected chi connectivity index (χ2v) is 7.67. The van der Waals surface area contributed by atoms with Crippen LogP contribution in [0.4, 0.5) is 0 Å². The molecule has 0 atom stereocenters. The highest BCUT2D eigenvalue weighted by molar-refractivity contribution is 6.14. The van der Waals surface area contributed by atoms with E-state index in [0.717, 1.165) is 35.5 Å². The minimum atomic E-state index is -1.10. The van der Waals surface area contributed by atoms with Crippen LogP contribution in [-0.4, -0.2) is 23.6 Å². The average molecular weight is 360 g/mol. The summed E-state index contributed by atoms with van der Waals surface area (Å²) in [6.07, 6.45) is 3.04. The van der Waals surface area contributed by atoms with Gasteiger partial charge in [0.15, 0.2) is 0 Å². The smallest absolute Gasteiger partial charge is 0.336 e. The lowest BCUT2D eigenvalue weighted by Gasteiger charge is -2.32. The van der Waals surface area contributed by atoms with E-state index >= 15 is 0 Å². The normalized spacial score (nSPS) is 17.1. The number of benzene rings is 2. The molecule has 1 heterocycles. The van der Waals surface area contributed by atoms with Crippen molar-refractivity contribution in [1.82, 2.24) is 0 Å². The standard InChI is InChI=1S/C23H20O4/c1-23(2)9-10-27-21-8-5-15(12-20(21)23)14-3-6-17-16(11-14)4-7-18(22(25)26)19(17)13-24/h3,5-8,11-12H,4,9-10H2,1-2H3,(H,25,26). The maximum absolute atomic E-state index is 11.3. The minimum absolute atomic E-state index is 0.0259. The molecule has 4 heteroatoms. The number of hydrogen-bond donors (Lipinski definition) is 1. The van der Waals surface area contributed by atoms with Gasteiger partial charge in [-0.2, -0.15) is 0 Å². The van der Waals surface area contributed by atoms with Crippen molar-refractivity contribution in [2.24, 2.45) is 0 Å². The fourth-order valence-corrected chi connectivity index (χ4v) is 3.86. The van der Waals surface area contributed by atoms with Crippen LogP contribution in [0.3, 0.4) is 0 Å². The molecule has 0 aromatic heterocycles. The number of carbonyl (C=O) groups is 1. The lowest BCUT2D eigenvalue weighted by Crippen LogP contribution is -2.26. The number of carboxylic acids is 1. The van der Waals surface area contributed by atoms with Crippen LogP contribution in [0, 0.1) is 0 Å². The Morgan fingerprint density at radius 3 is 2.63 bits per heavy atom. The number of rotatable bonds is 2. The van der Waals surface area contributed by atoms with Gasteiger partial charge in [0.1, 0.15) is 11.7 Å². The van der Waals surface area contributed by atoms with Crippen molar-refractivity contribution in [3.8, 4) is 16.9 Å². The van der Waals surface area contributed by atoms with Gasteiger partial charge < -0.3 is 9.84 Å². The van der Waals surface area contributed by atoms with Gasteiger partial charge in [-0.25, -0.2) is 9.59 Å². The van der Waals surface area contributed by atoms with Crippen molar-refractivity contribution in [2.45, 2.75) is 32.1 Å². The van der Waals surface area contributed by atoms with Gasteiger partial charge in [0.25, 0.3) is 0 Å². The molecule has 2 aliphatic rings. The second kappa shape index (κ2) is 6.26. The van der Waals surface area contributed by atoms with E-state index in [0.29, 0.717) is 12.0 Å². The van der Waals surface area contributed by atoms with Crippen LogP contribution in [0.1, 0.15) is 37.0 Å². The Morgan fingerprint density at radius 2 is 1.89 bits per heavy atom. The molecular weight excluding hydrogens is 340 g/mol. The predicted octanol–water partition coefficient (Wildman–Crippen LogP) is 4.20. The Morgan fingerprint density at radius 1 is 1.15 bits per heavy atom. The summed E-state index contributed by atoms with van der Waals surface area (Å²) < 4.78 is 5.79. The van der Waals surface area contributed by atoms with Crippen molar-refractivity contribution in [2.75, 3.05) is 6.61 Å². The first-order valence-electron chi connectivity index (χ1n) is 9.00. The number of aliphatic carboxylic acids is 1. The highest BCUT2D eigenvalue weighted by Gasteiger charge is 2.29. The quantitative estimate of drug-likeness (QED) is 0.816. The molecule has 0 spiro atoms. The first-order valence-corrected chi connectivity index (χ1v) is 9.00. The van der Waals surface area contributed by atoms with E-state index in [-0.39, 0.29) is 16.6 Å². The highest BCUT2D eigenvalue weighted by Crippen LogP contribution is 2.41. The van der Waals surface area contributed by atoms with Crippen molar-refractivity contribution in [3.05, 3.63) is 64.7 Å². The summed E-state index contributed by atoms with van der Waals surface area (Å²) in [6.45, 7) is 5.19. The summed E-state index contributed by atoms with van der Waals surface area (Å²) in [5, 5.41) is 9.28. The van der Waals surface area contributed by atoms with Crippen LogP contribution in [0.5, 0.6) is 5.75 Å². The van der Waals surface area contributed by atoms with E-state index in [1.165, 1.54) is 5.56 Å². The number of carbonyl (C=O) groups excluding carboxylic acids is 1. The zero-order chi connectivity index (χ0) is 19.2. The molecule has 4 nitrogen and oxygen atoms in total. The molecule has 136 valence electrons. The molecule has 1 aliphatic heterocycles. The van der Waals surface area contributed by atoms with Crippen LogP contribution in [0.15, 0.2) is 48.0 Å². The fraction of sp³-hybridized carbons (Fsp3) is 0.261. The first-order chi connectivity index (χ1) is 12.9.